The van der Waals surface area contributed by atoms with E-state index in [2.05, 4.69) is 24.8 Å². The number of anilines is 1. The highest BCUT2D eigenvalue weighted by Crippen LogP contribution is 2.43. The number of aliphatic carboxylic acids is 1. The maximum Gasteiger partial charge on any atom is 0.353 e. The lowest BCUT2D eigenvalue weighted by Crippen LogP contribution is -2.72. The van der Waals surface area contributed by atoms with Gasteiger partial charge in [0.2, 0.25) is 11.5 Å². The van der Waals surface area contributed by atoms with Crippen LogP contribution in [0.2, 0.25) is 0 Å². The first-order valence-corrected chi connectivity index (χ1v) is 11.2. The predicted molar refractivity (Wildman–Crippen MR) is 112 cm³/mol. The Balaban J connectivity index is 1.52. The van der Waals surface area contributed by atoms with E-state index in [-0.39, 0.29) is 16.7 Å². The number of fused-ring (bicyclic) bond motifs is 1. The van der Waals surface area contributed by atoms with Crippen LogP contribution < -0.4 is 11.1 Å². The number of aryl methyl sites for hydroxylation is 1. The van der Waals surface area contributed by atoms with E-state index in [1.54, 1.807) is 6.20 Å². The Labute approximate surface area is 187 Å². The zero-order valence-electron chi connectivity index (χ0n) is 15.8. The van der Waals surface area contributed by atoms with Gasteiger partial charge in [0.25, 0.3) is 11.8 Å². The van der Waals surface area contributed by atoms with E-state index in [0.29, 0.717) is 22.1 Å². The number of amides is 2. The summed E-state index contributed by atoms with van der Waals surface area (Å²) in [4.78, 5) is 47.9. The van der Waals surface area contributed by atoms with E-state index in [9.17, 15) is 24.7 Å². The number of carboxylic acid groups (broad SMARTS) is 1. The number of hydrogen-bond acceptors (Lipinski definition) is 12. The van der Waals surface area contributed by atoms with Gasteiger partial charge >= 0.3 is 5.97 Å². The summed E-state index contributed by atoms with van der Waals surface area (Å²) in [5.41, 5.74) is 4.89. The molecule has 0 bridgehead atoms. The molecule has 2 aliphatic rings. The van der Waals surface area contributed by atoms with E-state index < -0.39 is 35.6 Å². The molecule has 15 heteroatoms. The molecule has 5 N–H and O–H groups in total. The number of aromatic nitrogens is 3. The molecule has 0 unspecified atom stereocenters. The van der Waals surface area contributed by atoms with Crippen molar-refractivity contribution in [2.75, 3.05) is 5.73 Å². The third kappa shape index (κ3) is 3.86. The average Bonchev–Trinajstić information content (AvgIpc) is 3.34. The summed E-state index contributed by atoms with van der Waals surface area (Å²) in [6.45, 7) is 1.90. The monoisotopic (exact) mass is 481 g/mol. The van der Waals surface area contributed by atoms with Crippen LogP contribution >= 0.6 is 34.6 Å². The number of carbonyl (C=O) groups excluding carboxylic acids is 2. The van der Waals surface area contributed by atoms with Gasteiger partial charge in [0.05, 0.1) is 6.04 Å². The first kappa shape index (κ1) is 21.2. The highest BCUT2D eigenvalue weighted by Gasteiger charge is 2.54. The molecule has 2 aromatic heterocycles. The lowest BCUT2D eigenvalue weighted by molar-refractivity contribution is -0.155. The number of nitrogens with zero attached hydrogens (tertiary/aromatic N) is 5. The molecule has 12 nitrogen and oxygen atoms in total. The maximum absolute atomic E-state index is 12.7. The maximum atomic E-state index is 12.7. The molecule has 0 aromatic carbocycles. The second kappa shape index (κ2) is 8.24. The van der Waals surface area contributed by atoms with Gasteiger partial charge in [-0.3, -0.25) is 14.5 Å². The summed E-state index contributed by atoms with van der Waals surface area (Å²) in [7, 11) is 0. The van der Waals surface area contributed by atoms with Gasteiger partial charge in [-0.2, -0.15) is 9.36 Å². The number of nitrogen functional groups attached to an aromatic ring is 1. The van der Waals surface area contributed by atoms with Gasteiger partial charge in [-0.25, -0.2) is 9.78 Å². The van der Waals surface area contributed by atoms with Gasteiger partial charge < -0.3 is 21.4 Å². The van der Waals surface area contributed by atoms with Crippen LogP contribution in [-0.4, -0.2) is 65.1 Å². The van der Waals surface area contributed by atoms with Gasteiger partial charge in [0.15, 0.2) is 9.47 Å². The number of oxime groups is 1. The topological polar surface area (TPSA) is 184 Å². The highest BCUT2D eigenvalue weighted by atomic mass is 32.2. The second-order valence-corrected chi connectivity index (χ2v) is 9.95. The van der Waals surface area contributed by atoms with Crippen LogP contribution in [0.3, 0.4) is 0 Å². The molecule has 0 saturated carbocycles. The van der Waals surface area contributed by atoms with Crippen molar-refractivity contribution in [1.29, 1.82) is 0 Å². The lowest BCUT2D eigenvalue weighted by Gasteiger charge is -2.49. The number of hydrogen-bond donors (Lipinski definition) is 4. The summed E-state index contributed by atoms with van der Waals surface area (Å²) < 4.78 is 4.51. The van der Waals surface area contributed by atoms with Crippen LogP contribution in [-0.2, 0) is 14.4 Å². The standard InChI is InChI=1S/C16H15N7O5S3/c1-5-4-18-16(29-5)30-7-3-2-6-8(13(25)23(6)10(7)14(26)27)19-12(24)9(21-28)11-20-15(17)31-22-11/h4,6,8,28H,2-3H2,1H3,(H,19,24)(H,26,27)(H2,17,20,22)/b21-9-/t6-,8+/m1/s1. The lowest BCUT2D eigenvalue weighted by atomic mass is 9.86. The number of thiazole rings is 1. The van der Waals surface area contributed by atoms with Gasteiger partial charge in [-0.05, 0) is 19.8 Å². The van der Waals surface area contributed by atoms with Crippen LogP contribution in [0.5, 0.6) is 0 Å². The largest absolute Gasteiger partial charge is 0.477 e. The Bertz CT molecular complexity index is 1140. The minimum atomic E-state index is -1.22. The fraction of sp³-hybridized carbons (Fsp3) is 0.312. The highest BCUT2D eigenvalue weighted by molar-refractivity contribution is 8.04. The van der Waals surface area contributed by atoms with E-state index in [0.717, 1.165) is 16.4 Å². The van der Waals surface area contributed by atoms with Crippen molar-refractivity contribution in [2.24, 2.45) is 5.16 Å². The van der Waals surface area contributed by atoms with E-state index in [1.807, 2.05) is 6.92 Å². The Morgan fingerprint density at radius 2 is 2.23 bits per heavy atom. The van der Waals surface area contributed by atoms with Crippen molar-refractivity contribution in [2.45, 2.75) is 36.2 Å². The van der Waals surface area contributed by atoms with Crippen molar-refractivity contribution in [3.8, 4) is 0 Å². The summed E-state index contributed by atoms with van der Waals surface area (Å²) >= 11 is 3.49. The molecule has 1 fully saturated rings. The molecule has 162 valence electrons. The molecule has 0 radical (unpaired) electrons. The molecule has 31 heavy (non-hydrogen) atoms. The van der Waals surface area contributed by atoms with Crippen molar-refractivity contribution < 1.29 is 24.7 Å². The molecule has 4 rings (SSSR count). The molecular formula is C16H15N7O5S3. The first-order valence-electron chi connectivity index (χ1n) is 8.82. The molecule has 2 aliphatic heterocycles. The van der Waals surface area contributed by atoms with E-state index >= 15 is 0 Å². The number of thioether (sulfide) groups is 1. The third-order valence-corrected chi connectivity index (χ3v) is 7.33. The van der Waals surface area contributed by atoms with Crippen LogP contribution in [0.4, 0.5) is 5.13 Å². The summed E-state index contributed by atoms with van der Waals surface area (Å²) in [6.07, 6.45) is 2.57. The van der Waals surface area contributed by atoms with Crippen molar-refractivity contribution in [3.63, 3.8) is 0 Å². The van der Waals surface area contributed by atoms with Crippen LogP contribution in [0.25, 0.3) is 0 Å². The van der Waals surface area contributed by atoms with Gasteiger partial charge in [-0.1, -0.05) is 16.9 Å². The van der Waals surface area contributed by atoms with Crippen molar-refractivity contribution >= 4 is 63.3 Å². The average molecular weight is 482 g/mol. The molecule has 2 aromatic rings. The fourth-order valence-electron chi connectivity index (χ4n) is 3.35. The molecule has 0 spiro atoms. The molecular weight excluding hydrogens is 466 g/mol. The number of allylic oxidation sites excluding steroid dienone is 1. The fourth-order valence-corrected chi connectivity index (χ4v) is 5.95. The number of nitrogens with two attached hydrogens (primary N) is 1. The molecule has 2 atom stereocenters. The molecule has 1 saturated heterocycles. The molecule has 4 heterocycles. The van der Waals surface area contributed by atoms with Crippen LogP contribution in [0, 0.1) is 6.92 Å². The van der Waals surface area contributed by atoms with Crippen molar-refractivity contribution in [1.82, 2.24) is 24.6 Å². The number of carbonyl (C=O) groups is 3. The zero-order chi connectivity index (χ0) is 22.3. The predicted octanol–water partition coefficient (Wildman–Crippen LogP) is 0.641. The first-order chi connectivity index (χ1) is 14.8. The van der Waals surface area contributed by atoms with E-state index in [1.165, 1.54) is 28.0 Å². The Morgan fingerprint density at radius 3 is 2.81 bits per heavy atom. The summed E-state index contributed by atoms with van der Waals surface area (Å²) in [5, 5.41) is 24.4. The van der Waals surface area contributed by atoms with E-state index in [4.69, 9.17) is 5.73 Å². The van der Waals surface area contributed by atoms with Gasteiger partial charge in [0, 0.05) is 27.5 Å². The Morgan fingerprint density at radius 1 is 1.45 bits per heavy atom. The Hall–Kier alpha value is -3.04. The minimum Gasteiger partial charge on any atom is -0.477 e. The van der Waals surface area contributed by atoms with Crippen LogP contribution in [0.1, 0.15) is 23.5 Å². The third-order valence-electron chi connectivity index (χ3n) is 4.66. The quantitative estimate of drug-likeness (QED) is 0.197. The number of rotatable bonds is 6. The smallest absolute Gasteiger partial charge is 0.353 e. The Kier molecular flexibility index (Phi) is 5.63. The molecule has 0 aliphatic carbocycles. The van der Waals surface area contributed by atoms with Crippen LogP contribution in [0.15, 0.2) is 26.3 Å². The molecule has 2 amide bonds. The number of nitrogens with one attached hydrogen (secondary N) is 1. The van der Waals surface area contributed by atoms with Gasteiger partial charge in [0.1, 0.15) is 11.7 Å². The normalized spacial score (nSPS) is 21.0. The summed E-state index contributed by atoms with van der Waals surface area (Å²) in [6, 6.07) is -1.48. The minimum absolute atomic E-state index is 0.0822. The number of carboxylic acids is 1. The SMILES string of the molecule is Cc1cnc(SC2=C(C(=O)O)N3C(=O)[C@@H](NC(=O)/C(=N\O)c4nsc(N)n4)[C@H]3CC2)s1. The van der Waals surface area contributed by atoms with Gasteiger partial charge in [-0.15, -0.1) is 11.3 Å². The summed E-state index contributed by atoms with van der Waals surface area (Å²) in [5.74, 6) is -2.82. The zero-order valence-corrected chi connectivity index (χ0v) is 18.3. The second-order valence-electron chi connectivity index (χ2n) is 6.59. The number of β-lactam (4-membered cyclic amide) rings is 1. The van der Waals surface area contributed by atoms with Crippen molar-refractivity contribution in [3.05, 3.63) is 27.5 Å².